The van der Waals surface area contributed by atoms with Crippen molar-refractivity contribution < 1.29 is 18.7 Å². The normalized spacial score (nSPS) is 13.6. The molecule has 2 amide bonds. The molecule has 0 fully saturated rings. The number of nitrogens with zero attached hydrogens (tertiary/aromatic N) is 2. The number of anilines is 2. The highest BCUT2D eigenvalue weighted by molar-refractivity contribution is 7.15. The van der Waals surface area contributed by atoms with Crippen LogP contribution >= 0.6 is 11.3 Å². The fraction of sp³-hybridized carbons (Fsp3) is 0.250. The highest BCUT2D eigenvalue weighted by Gasteiger charge is 2.23. The van der Waals surface area contributed by atoms with Gasteiger partial charge in [-0.2, -0.15) is 0 Å². The molecule has 8 nitrogen and oxygen atoms in total. The Morgan fingerprint density at radius 2 is 2.21 bits per heavy atom. The summed E-state index contributed by atoms with van der Waals surface area (Å²) in [6, 6.07) is 8.87. The molecule has 2 N–H and O–H groups in total. The van der Waals surface area contributed by atoms with Crippen LogP contribution in [-0.2, 0) is 17.8 Å². The van der Waals surface area contributed by atoms with E-state index < -0.39 is 0 Å². The van der Waals surface area contributed by atoms with Crippen LogP contribution in [0.5, 0.6) is 5.75 Å². The van der Waals surface area contributed by atoms with E-state index >= 15 is 0 Å². The van der Waals surface area contributed by atoms with Gasteiger partial charge in [0.1, 0.15) is 12.0 Å². The predicted octanol–water partition coefficient (Wildman–Crippen LogP) is 2.99. The lowest BCUT2D eigenvalue weighted by molar-refractivity contribution is -0.117. The SMILES string of the molecule is COc1cccc(NC(=O)CN2CCc3nc(NC(=O)c4ccoc4)sc3C2)c1. The summed E-state index contributed by atoms with van der Waals surface area (Å²) in [6.45, 7) is 1.64. The van der Waals surface area contributed by atoms with E-state index in [4.69, 9.17) is 9.15 Å². The van der Waals surface area contributed by atoms with Crippen molar-refractivity contribution in [1.29, 1.82) is 0 Å². The molecule has 2 aromatic heterocycles. The first kappa shape index (κ1) is 19.2. The number of ether oxygens (including phenoxy) is 1. The summed E-state index contributed by atoms with van der Waals surface area (Å²) < 4.78 is 10.1. The van der Waals surface area contributed by atoms with Crippen LogP contribution in [0, 0.1) is 0 Å². The molecule has 1 aromatic carbocycles. The van der Waals surface area contributed by atoms with Crippen molar-refractivity contribution in [3.63, 3.8) is 0 Å². The summed E-state index contributed by atoms with van der Waals surface area (Å²) in [6.07, 6.45) is 3.58. The van der Waals surface area contributed by atoms with E-state index in [1.54, 1.807) is 19.2 Å². The van der Waals surface area contributed by atoms with Crippen LogP contribution in [0.25, 0.3) is 0 Å². The molecule has 0 saturated heterocycles. The fourth-order valence-corrected chi connectivity index (χ4v) is 4.15. The summed E-state index contributed by atoms with van der Waals surface area (Å²) in [4.78, 5) is 32.2. The number of hydrogen-bond acceptors (Lipinski definition) is 7. The monoisotopic (exact) mass is 412 g/mol. The Morgan fingerprint density at radius 1 is 1.31 bits per heavy atom. The number of nitrogens with one attached hydrogen (secondary N) is 2. The minimum absolute atomic E-state index is 0.0836. The van der Waals surface area contributed by atoms with Crippen LogP contribution in [0.3, 0.4) is 0 Å². The van der Waals surface area contributed by atoms with Gasteiger partial charge in [-0.1, -0.05) is 6.07 Å². The molecule has 9 heteroatoms. The Hall–Kier alpha value is -3.17. The Kier molecular flexibility index (Phi) is 5.59. The first-order valence-corrected chi connectivity index (χ1v) is 9.91. The zero-order valence-corrected chi connectivity index (χ0v) is 16.6. The lowest BCUT2D eigenvalue weighted by Crippen LogP contribution is -2.36. The first-order chi connectivity index (χ1) is 14.1. The molecule has 0 spiro atoms. The number of carbonyl (C=O) groups is 2. The second-order valence-electron chi connectivity index (χ2n) is 6.60. The number of thiazole rings is 1. The van der Waals surface area contributed by atoms with Crippen molar-refractivity contribution in [1.82, 2.24) is 9.88 Å². The highest BCUT2D eigenvalue weighted by atomic mass is 32.1. The Balaban J connectivity index is 1.34. The third-order valence-corrected chi connectivity index (χ3v) is 5.53. The van der Waals surface area contributed by atoms with Crippen LogP contribution in [-0.4, -0.2) is 41.9 Å². The van der Waals surface area contributed by atoms with E-state index in [2.05, 4.69) is 20.5 Å². The van der Waals surface area contributed by atoms with Crippen LogP contribution in [0.4, 0.5) is 10.8 Å². The van der Waals surface area contributed by atoms with E-state index in [1.807, 2.05) is 18.2 Å². The maximum atomic E-state index is 12.4. The minimum atomic E-state index is -0.251. The highest BCUT2D eigenvalue weighted by Crippen LogP contribution is 2.28. The second kappa shape index (κ2) is 8.46. The summed E-state index contributed by atoms with van der Waals surface area (Å²) in [5.74, 6) is 0.360. The van der Waals surface area contributed by atoms with Crippen molar-refractivity contribution >= 4 is 34.0 Å². The molecule has 0 radical (unpaired) electrons. The Labute approximate surface area is 171 Å². The summed E-state index contributed by atoms with van der Waals surface area (Å²) >= 11 is 1.44. The van der Waals surface area contributed by atoms with E-state index in [1.165, 1.54) is 23.9 Å². The van der Waals surface area contributed by atoms with Gasteiger partial charge in [0.05, 0.1) is 31.2 Å². The molecule has 3 aromatic rings. The second-order valence-corrected chi connectivity index (χ2v) is 7.68. The molecule has 4 rings (SSSR count). The summed E-state index contributed by atoms with van der Waals surface area (Å²) in [5, 5.41) is 6.25. The van der Waals surface area contributed by atoms with Crippen molar-refractivity contribution in [3.8, 4) is 5.75 Å². The van der Waals surface area contributed by atoms with Gasteiger partial charge >= 0.3 is 0 Å². The van der Waals surface area contributed by atoms with Crippen LogP contribution in [0.2, 0.25) is 0 Å². The number of carbonyl (C=O) groups excluding carboxylic acids is 2. The molecular weight excluding hydrogens is 392 g/mol. The average Bonchev–Trinajstić information content (AvgIpc) is 3.37. The lowest BCUT2D eigenvalue weighted by atomic mass is 10.2. The summed E-state index contributed by atoms with van der Waals surface area (Å²) in [5.41, 5.74) is 2.13. The van der Waals surface area contributed by atoms with Gasteiger partial charge in [-0.25, -0.2) is 4.98 Å². The first-order valence-electron chi connectivity index (χ1n) is 9.09. The molecule has 0 unspecified atom stereocenters. The zero-order valence-electron chi connectivity index (χ0n) is 15.8. The molecule has 0 bridgehead atoms. The van der Waals surface area contributed by atoms with Gasteiger partial charge < -0.3 is 14.5 Å². The molecular formula is C20H20N4O4S. The molecule has 1 aliphatic rings. The molecule has 3 heterocycles. The zero-order chi connectivity index (χ0) is 20.2. The maximum absolute atomic E-state index is 12.4. The van der Waals surface area contributed by atoms with Crippen molar-refractivity contribution in [2.45, 2.75) is 13.0 Å². The van der Waals surface area contributed by atoms with Gasteiger partial charge in [0.25, 0.3) is 5.91 Å². The molecule has 29 heavy (non-hydrogen) atoms. The number of fused-ring (bicyclic) bond motifs is 1. The fourth-order valence-electron chi connectivity index (χ4n) is 3.10. The average molecular weight is 412 g/mol. The van der Waals surface area contributed by atoms with Gasteiger partial charge in [0.15, 0.2) is 5.13 Å². The van der Waals surface area contributed by atoms with Crippen LogP contribution < -0.4 is 15.4 Å². The van der Waals surface area contributed by atoms with Crippen LogP contribution in [0.15, 0.2) is 47.3 Å². The number of aromatic nitrogens is 1. The number of furan rings is 1. The van der Waals surface area contributed by atoms with E-state index in [-0.39, 0.29) is 18.4 Å². The predicted molar refractivity (Wildman–Crippen MR) is 109 cm³/mol. The van der Waals surface area contributed by atoms with Gasteiger partial charge in [-0.3, -0.25) is 19.8 Å². The van der Waals surface area contributed by atoms with Crippen molar-refractivity contribution in [2.75, 3.05) is 30.8 Å². The Morgan fingerprint density at radius 3 is 3.00 bits per heavy atom. The van der Waals surface area contributed by atoms with Crippen molar-refractivity contribution in [2.24, 2.45) is 0 Å². The van der Waals surface area contributed by atoms with Gasteiger partial charge in [-0.05, 0) is 18.2 Å². The molecule has 1 aliphatic heterocycles. The maximum Gasteiger partial charge on any atom is 0.260 e. The quantitative estimate of drug-likeness (QED) is 0.646. The third-order valence-electron chi connectivity index (χ3n) is 4.53. The largest absolute Gasteiger partial charge is 0.497 e. The van der Waals surface area contributed by atoms with Crippen molar-refractivity contribution in [3.05, 3.63) is 59.0 Å². The van der Waals surface area contributed by atoms with Gasteiger partial charge in [-0.15, -0.1) is 11.3 Å². The van der Waals surface area contributed by atoms with Gasteiger partial charge in [0, 0.05) is 36.1 Å². The van der Waals surface area contributed by atoms with E-state index in [0.717, 1.165) is 23.5 Å². The number of amides is 2. The van der Waals surface area contributed by atoms with E-state index in [0.29, 0.717) is 28.7 Å². The number of methoxy groups -OCH3 is 1. The third kappa shape index (κ3) is 4.64. The minimum Gasteiger partial charge on any atom is -0.497 e. The lowest BCUT2D eigenvalue weighted by Gasteiger charge is -2.25. The number of rotatable bonds is 6. The topological polar surface area (TPSA) is 96.7 Å². The molecule has 150 valence electrons. The molecule has 0 saturated carbocycles. The van der Waals surface area contributed by atoms with Crippen LogP contribution in [0.1, 0.15) is 20.9 Å². The number of hydrogen-bond donors (Lipinski definition) is 2. The van der Waals surface area contributed by atoms with E-state index in [9.17, 15) is 9.59 Å². The standard InChI is InChI=1S/C20H20N4O4S/c1-27-15-4-2-3-14(9-15)21-18(25)11-24-7-5-16-17(10-24)29-20(22-16)23-19(26)13-6-8-28-12-13/h2-4,6,8-9,12H,5,7,10-11H2,1H3,(H,21,25)(H,22,23,26). The van der Waals surface area contributed by atoms with Gasteiger partial charge in [0.2, 0.25) is 5.91 Å². The summed E-state index contributed by atoms with van der Waals surface area (Å²) in [7, 11) is 1.59. The molecule has 0 aliphatic carbocycles. The number of benzene rings is 1. The molecule has 0 atom stereocenters. The Bertz CT molecular complexity index is 1020. The smallest absolute Gasteiger partial charge is 0.260 e.